The maximum Gasteiger partial charge on any atom is 0.0911 e. The molecular formula is C10H15FN2. The number of nitrogen functional groups attached to an aromatic ring is 1. The summed E-state index contributed by atoms with van der Waals surface area (Å²) in [5.41, 5.74) is 7.47. The van der Waals surface area contributed by atoms with Crippen LogP contribution in [0.4, 0.5) is 15.8 Å². The number of anilines is 2. The Labute approximate surface area is 78.2 Å². The number of halogens is 1. The fraction of sp³-hybridized carbons (Fsp3) is 0.400. The Kier molecular flexibility index (Phi) is 3.55. The van der Waals surface area contributed by atoms with Gasteiger partial charge in [0.15, 0.2) is 0 Å². The van der Waals surface area contributed by atoms with Gasteiger partial charge in [0, 0.05) is 13.6 Å². The topological polar surface area (TPSA) is 29.3 Å². The summed E-state index contributed by atoms with van der Waals surface area (Å²) in [6, 6.07) is 7.61. The van der Waals surface area contributed by atoms with Crippen LogP contribution >= 0.6 is 0 Å². The van der Waals surface area contributed by atoms with E-state index in [0.717, 1.165) is 11.4 Å². The molecule has 0 heterocycles. The summed E-state index contributed by atoms with van der Waals surface area (Å²) < 4.78 is 11.9. The smallest absolute Gasteiger partial charge is 0.0911 e. The maximum atomic E-state index is 11.9. The first kappa shape index (κ1) is 9.84. The Bertz CT molecular complexity index is 263. The van der Waals surface area contributed by atoms with Gasteiger partial charge in [0.2, 0.25) is 0 Å². The van der Waals surface area contributed by atoms with E-state index in [1.807, 2.05) is 36.2 Å². The van der Waals surface area contributed by atoms with E-state index in [2.05, 4.69) is 0 Å². The van der Waals surface area contributed by atoms with E-state index in [1.54, 1.807) is 0 Å². The van der Waals surface area contributed by atoms with Crippen molar-refractivity contribution >= 4 is 11.4 Å². The van der Waals surface area contributed by atoms with Gasteiger partial charge in [-0.05, 0) is 18.6 Å². The Morgan fingerprint density at radius 3 is 2.69 bits per heavy atom. The van der Waals surface area contributed by atoms with Gasteiger partial charge >= 0.3 is 0 Å². The molecule has 0 fully saturated rings. The van der Waals surface area contributed by atoms with Crippen molar-refractivity contribution in [2.45, 2.75) is 6.42 Å². The summed E-state index contributed by atoms with van der Waals surface area (Å²) in [7, 11) is 1.92. The lowest BCUT2D eigenvalue weighted by Crippen LogP contribution is -2.19. The summed E-state index contributed by atoms with van der Waals surface area (Å²) in [5.74, 6) is 0. The molecule has 0 aliphatic heterocycles. The predicted octanol–water partition coefficient (Wildman–Crippen LogP) is 2.06. The number of para-hydroxylation sites is 2. The molecule has 0 unspecified atom stereocenters. The standard InChI is InChI=1S/C10H15FN2/c1-13(8-4-7-11)10-6-3-2-5-9(10)12/h2-3,5-6H,4,7-8,12H2,1H3. The van der Waals surface area contributed by atoms with Gasteiger partial charge in [0.1, 0.15) is 0 Å². The maximum absolute atomic E-state index is 11.9. The minimum absolute atomic E-state index is 0.281. The summed E-state index contributed by atoms with van der Waals surface area (Å²) in [6.45, 7) is 0.418. The lowest BCUT2D eigenvalue weighted by Gasteiger charge is -2.20. The molecule has 3 heteroatoms. The van der Waals surface area contributed by atoms with E-state index in [0.29, 0.717) is 13.0 Å². The van der Waals surface area contributed by atoms with Crippen LogP contribution in [0.2, 0.25) is 0 Å². The van der Waals surface area contributed by atoms with Gasteiger partial charge in [-0.25, -0.2) is 0 Å². The molecule has 0 amide bonds. The first-order chi connectivity index (χ1) is 6.25. The minimum atomic E-state index is -0.281. The third-order valence-corrected chi connectivity index (χ3v) is 1.98. The lowest BCUT2D eigenvalue weighted by molar-refractivity contribution is 0.474. The monoisotopic (exact) mass is 182 g/mol. The van der Waals surface area contributed by atoms with E-state index in [9.17, 15) is 4.39 Å². The summed E-state index contributed by atoms with van der Waals surface area (Å²) in [4.78, 5) is 1.97. The van der Waals surface area contributed by atoms with Crippen LogP contribution in [0.5, 0.6) is 0 Å². The van der Waals surface area contributed by atoms with Crippen LogP contribution in [0.1, 0.15) is 6.42 Å². The van der Waals surface area contributed by atoms with E-state index < -0.39 is 0 Å². The fourth-order valence-electron chi connectivity index (χ4n) is 1.25. The zero-order chi connectivity index (χ0) is 9.68. The van der Waals surface area contributed by atoms with E-state index in [-0.39, 0.29) is 6.67 Å². The van der Waals surface area contributed by atoms with Crippen molar-refractivity contribution in [1.29, 1.82) is 0 Å². The summed E-state index contributed by atoms with van der Waals surface area (Å²) in [6.07, 6.45) is 0.546. The van der Waals surface area contributed by atoms with Crippen LogP contribution in [-0.4, -0.2) is 20.3 Å². The van der Waals surface area contributed by atoms with Crippen LogP contribution in [0.25, 0.3) is 0 Å². The number of hydrogen-bond acceptors (Lipinski definition) is 2. The highest BCUT2D eigenvalue weighted by molar-refractivity contribution is 5.66. The van der Waals surface area contributed by atoms with Gasteiger partial charge in [0.25, 0.3) is 0 Å². The molecule has 0 aromatic heterocycles. The molecule has 1 rings (SSSR count). The average Bonchev–Trinajstić information content (AvgIpc) is 2.15. The molecule has 0 spiro atoms. The minimum Gasteiger partial charge on any atom is -0.397 e. The largest absolute Gasteiger partial charge is 0.397 e. The zero-order valence-electron chi connectivity index (χ0n) is 7.83. The van der Waals surface area contributed by atoms with Crippen molar-refractivity contribution in [2.75, 3.05) is 30.9 Å². The fourth-order valence-corrected chi connectivity index (χ4v) is 1.25. The number of rotatable bonds is 4. The normalized spacial score (nSPS) is 10.0. The Hall–Kier alpha value is -1.25. The second-order valence-corrected chi connectivity index (χ2v) is 3.02. The predicted molar refractivity (Wildman–Crippen MR) is 54.7 cm³/mol. The third kappa shape index (κ3) is 2.61. The Balaban J connectivity index is 2.65. The van der Waals surface area contributed by atoms with Crippen LogP contribution in [0.15, 0.2) is 24.3 Å². The van der Waals surface area contributed by atoms with Gasteiger partial charge in [-0.15, -0.1) is 0 Å². The lowest BCUT2D eigenvalue weighted by atomic mass is 10.2. The SMILES string of the molecule is CN(CCCF)c1ccccc1N. The van der Waals surface area contributed by atoms with Gasteiger partial charge in [-0.3, -0.25) is 4.39 Å². The van der Waals surface area contributed by atoms with E-state index >= 15 is 0 Å². The molecule has 0 aliphatic rings. The summed E-state index contributed by atoms with van der Waals surface area (Å²) >= 11 is 0. The molecule has 0 radical (unpaired) electrons. The molecular weight excluding hydrogens is 167 g/mol. The first-order valence-electron chi connectivity index (χ1n) is 4.37. The second kappa shape index (κ2) is 4.70. The third-order valence-electron chi connectivity index (χ3n) is 1.98. The molecule has 13 heavy (non-hydrogen) atoms. The zero-order valence-corrected chi connectivity index (χ0v) is 7.83. The van der Waals surface area contributed by atoms with Crippen molar-refractivity contribution in [1.82, 2.24) is 0 Å². The van der Waals surface area contributed by atoms with Crippen LogP contribution in [-0.2, 0) is 0 Å². The molecule has 1 aromatic rings. The molecule has 2 nitrogen and oxygen atoms in total. The van der Waals surface area contributed by atoms with Crippen molar-refractivity contribution in [2.24, 2.45) is 0 Å². The molecule has 0 bridgehead atoms. The number of nitrogens with two attached hydrogens (primary N) is 1. The molecule has 1 aromatic carbocycles. The highest BCUT2D eigenvalue weighted by Gasteiger charge is 2.02. The Morgan fingerprint density at radius 1 is 1.38 bits per heavy atom. The second-order valence-electron chi connectivity index (χ2n) is 3.02. The number of benzene rings is 1. The van der Waals surface area contributed by atoms with E-state index in [1.165, 1.54) is 0 Å². The van der Waals surface area contributed by atoms with Gasteiger partial charge in [0.05, 0.1) is 18.0 Å². The van der Waals surface area contributed by atoms with Crippen molar-refractivity contribution < 1.29 is 4.39 Å². The van der Waals surface area contributed by atoms with Crippen molar-refractivity contribution in [3.05, 3.63) is 24.3 Å². The van der Waals surface area contributed by atoms with Crippen molar-refractivity contribution in [3.8, 4) is 0 Å². The number of nitrogens with zero attached hydrogens (tertiary/aromatic N) is 1. The molecule has 0 saturated heterocycles. The van der Waals surface area contributed by atoms with Crippen LogP contribution in [0, 0.1) is 0 Å². The van der Waals surface area contributed by atoms with Crippen molar-refractivity contribution in [3.63, 3.8) is 0 Å². The summed E-state index contributed by atoms with van der Waals surface area (Å²) in [5, 5.41) is 0. The number of alkyl halides is 1. The molecule has 0 saturated carbocycles. The van der Waals surface area contributed by atoms with Crippen LogP contribution < -0.4 is 10.6 Å². The molecule has 72 valence electrons. The average molecular weight is 182 g/mol. The molecule has 0 atom stereocenters. The molecule has 2 N–H and O–H groups in total. The highest BCUT2D eigenvalue weighted by Crippen LogP contribution is 2.20. The van der Waals surface area contributed by atoms with Gasteiger partial charge in [-0.1, -0.05) is 12.1 Å². The number of hydrogen-bond donors (Lipinski definition) is 1. The Morgan fingerprint density at radius 2 is 2.08 bits per heavy atom. The van der Waals surface area contributed by atoms with E-state index in [4.69, 9.17) is 5.73 Å². The quantitative estimate of drug-likeness (QED) is 0.722. The van der Waals surface area contributed by atoms with Crippen LogP contribution in [0.3, 0.4) is 0 Å². The van der Waals surface area contributed by atoms with Gasteiger partial charge < -0.3 is 10.6 Å². The first-order valence-corrected chi connectivity index (χ1v) is 4.37. The molecule has 0 aliphatic carbocycles. The highest BCUT2D eigenvalue weighted by atomic mass is 19.1. The van der Waals surface area contributed by atoms with Gasteiger partial charge in [-0.2, -0.15) is 0 Å².